The predicted molar refractivity (Wildman–Crippen MR) is 121 cm³/mol. The number of amides is 1. The van der Waals surface area contributed by atoms with Gasteiger partial charge in [0.1, 0.15) is 18.1 Å². The number of morpholine rings is 1. The van der Waals surface area contributed by atoms with Gasteiger partial charge >= 0.3 is 0 Å². The van der Waals surface area contributed by atoms with Crippen LogP contribution in [0, 0.1) is 13.8 Å². The second-order valence-electron chi connectivity index (χ2n) is 8.01. The Bertz CT molecular complexity index is 1020. The molecule has 0 spiro atoms. The third kappa shape index (κ3) is 5.55. The molecule has 1 N–H and O–H groups in total. The number of aryl methyl sites for hydroxylation is 2. The number of ether oxygens (including phenoxy) is 2. The Labute approximate surface area is 188 Å². The molecule has 1 saturated heterocycles. The standard InChI is InChI=1S/C25H29N3O4/c1-18-23(19(2)32-27-18)17-31-24-11-7-6-10-22(24)25(29)26-14-21-16-28(12-13-30-21)15-20-8-4-3-5-9-20/h3-11,21H,12-17H2,1-2H3,(H,26,29). The van der Waals surface area contributed by atoms with Crippen LogP contribution >= 0.6 is 0 Å². The Kier molecular flexibility index (Phi) is 7.19. The van der Waals surface area contributed by atoms with Crippen molar-refractivity contribution in [1.82, 2.24) is 15.4 Å². The highest BCUT2D eigenvalue weighted by Crippen LogP contribution is 2.21. The van der Waals surface area contributed by atoms with Crippen molar-refractivity contribution >= 4 is 5.91 Å². The molecule has 3 aromatic rings. The fourth-order valence-electron chi connectivity index (χ4n) is 3.83. The molecule has 4 rings (SSSR count). The number of carbonyl (C=O) groups excluding carboxylic acids is 1. The van der Waals surface area contributed by atoms with Crippen molar-refractivity contribution < 1.29 is 18.8 Å². The average molecular weight is 436 g/mol. The lowest BCUT2D eigenvalue weighted by Crippen LogP contribution is -2.47. The van der Waals surface area contributed by atoms with Gasteiger partial charge in [-0.15, -0.1) is 0 Å². The summed E-state index contributed by atoms with van der Waals surface area (Å²) in [6.07, 6.45) is -0.0493. The molecule has 0 bridgehead atoms. The van der Waals surface area contributed by atoms with E-state index in [4.69, 9.17) is 14.0 Å². The molecule has 0 aliphatic carbocycles. The van der Waals surface area contributed by atoms with E-state index in [9.17, 15) is 4.79 Å². The highest BCUT2D eigenvalue weighted by molar-refractivity contribution is 5.96. The average Bonchev–Trinajstić information content (AvgIpc) is 3.14. The molecule has 7 nitrogen and oxygen atoms in total. The Morgan fingerprint density at radius 1 is 1.16 bits per heavy atom. The van der Waals surface area contributed by atoms with Gasteiger partial charge in [0.2, 0.25) is 0 Å². The maximum absolute atomic E-state index is 12.9. The summed E-state index contributed by atoms with van der Waals surface area (Å²) in [5.41, 5.74) is 3.46. The molecule has 1 aliphatic rings. The SMILES string of the molecule is Cc1noc(C)c1COc1ccccc1C(=O)NCC1CN(Cc2ccccc2)CCO1. The van der Waals surface area contributed by atoms with E-state index in [2.05, 4.69) is 39.6 Å². The summed E-state index contributed by atoms with van der Waals surface area (Å²) >= 11 is 0. The first kappa shape index (κ1) is 22.0. The number of para-hydroxylation sites is 1. The van der Waals surface area contributed by atoms with Crippen LogP contribution < -0.4 is 10.1 Å². The molecule has 1 fully saturated rings. The fourth-order valence-corrected chi connectivity index (χ4v) is 3.83. The number of rotatable bonds is 8. The molecule has 0 saturated carbocycles. The minimum Gasteiger partial charge on any atom is -0.488 e. The van der Waals surface area contributed by atoms with Crippen LogP contribution in [0.4, 0.5) is 0 Å². The molecule has 0 radical (unpaired) electrons. The third-order valence-electron chi connectivity index (χ3n) is 5.65. The first-order valence-corrected chi connectivity index (χ1v) is 10.9. The number of nitrogens with one attached hydrogen (secondary N) is 1. The molecule has 2 heterocycles. The van der Waals surface area contributed by atoms with Gasteiger partial charge in [-0.1, -0.05) is 47.6 Å². The van der Waals surface area contributed by atoms with E-state index in [1.54, 1.807) is 12.1 Å². The minimum absolute atomic E-state index is 0.0493. The molecule has 1 unspecified atom stereocenters. The molecule has 32 heavy (non-hydrogen) atoms. The number of nitrogens with zero attached hydrogens (tertiary/aromatic N) is 2. The second-order valence-corrected chi connectivity index (χ2v) is 8.01. The van der Waals surface area contributed by atoms with E-state index in [-0.39, 0.29) is 12.0 Å². The number of benzene rings is 2. The van der Waals surface area contributed by atoms with Gasteiger partial charge in [0, 0.05) is 26.2 Å². The Morgan fingerprint density at radius 3 is 2.72 bits per heavy atom. The number of aromatic nitrogens is 1. The Morgan fingerprint density at radius 2 is 1.94 bits per heavy atom. The van der Waals surface area contributed by atoms with E-state index >= 15 is 0 Å². The van der Waals surface area contributed by atoms with Gasteiger partial charge in [-0.05, 0) is 31.5 Å². The van der Waals surface area contributed by atoms with Gasteiger partial charge < -0.3 is 19.3 Å². The first-order chi connectivity index (χ1) is 15.6. The van der Waals surface area contributed by atoms with Gasteiger partial charge in [-0.3, -0.25) is 9.69 Å². The summed E-state index contributed by atoms with van der Waals surface area (Å²) in [6.45, 7) is 7.67. The van der Waals surface area contributed by atoms with Crippen molar-refractivity contribution in [2.24, 2.45) is 0 Å². The third-order valence-corrected chi connectivity index (χ3v) is 5.65. The predicted octanol–water partition coefficient (Wildman–Crippen LogP) is 3.50. The van der Waals surface area contributed by atoms with Crippen LogP contribution in [-0.4, -0.2) is 48.3 Å². The second kappa shape index (κ2) is 10.4. The molecule has 1 aromatic heterocycles. The lowest BCUT2D eigenvalue weighted by molar-refractivity contribution is -0.0292. The van der Waals surface area contributed by atoms with Crippen molar-refractivity contribution in [2.45, 2.75) is 33.1 Å². The molecule has 168 valence electrons. The van der Waals surface area contributed by atoms with Crippen LogP contribution in [0.1, 0.15) is 32.9 Å². The Balaban J connectivity index is 1.32. The van der Waals surface area contributed by atoms with Gasteiger partial charge in [-0.2, -0.15) is 0 Å². The first-order valence-electron chi connectivity index (χ1n) is 10.9. The van der Waals surface area contributed by atoms with Crippen LogP contribution in [0.3, 0.4) is 0 Å². The molecule has 2 aromatic carbocycles. The minimum atomic E-state index is -0.178. The van der Waals surface area contributed by atoms with Crippen LogP contribution in [-0.2, 0) is 17.9 Å². The van der Waals surface area contributed by atoms with E-state index in [1.807, 2.05) is 32.0 Å². The highest BCUT2D eigenvalue weighted by Gasteiger charge is 2.22. The molecule has 1 atom stereocenters. The zero-order valence-corrected chi connectivity index (χ0v) is 18.5. The van der Waals surface area contributed by atoms with Gasteiger partial charge in [0.15, 0.2) is 0 Å². The summed E-state index contributed by atoms with van der Waals surface area (Å²) in [4.78, 5) is 15.2. The summed E-state index contributed by atoms with van der Waals surface area (Å²) in [7, 11) is 0. The van der Waals surface area contributed by atoms with Crippen molar-refractivity contribution in [2.75, 3.05) is 26.2 Å². The largest absolute Gasteiger partial charge is 0.488 e. The van der Waals surface area contributed by atoms with Crippen LogP contribution in [0.5, 0.6) is 5.75 Å². The topological polar surface area (TPSA) is 76.8 Å². The summed E-state index contributed by atoms with van der Waals surface area (Å²) in [5.74, 6) is 1.07. The highest BCUT2D eigenvalue weighted by atomic mass is 16.5. The maximum Gasteiger partial charge on any atom is 0.255 e. The molecule has 7 heteroatoms. The van der Waals surface area contributed by atoms with E-state index in [0.29, 0.717) is 31.1 Å². The Hall–Kier alpha value is -3.16. The zero-order valence-electron chi connectivity index (χ0n) is 18.5. The van der Waals surface area contributed by atoms with Crippen molar-refractivity contribution in [3.63, 3.8) is 0 Å². The van der Waals surface area contributed by atoms with Gasteiger partial charge in [0.25, 0.3) is 5.91 Å². The fraction of sp³-hybridized carbons (Fsp3) is 0.360. The molecular formula is C25H29N3O4. The zero-order chi connectivity index (χ0) is 22.3. The molecular weight excluding hydrogens is 406 g/mol. The van der Waals surface area contributed by atoms with Gasteiger partial charge in [0.05, 0.1) is 29.5 Å². The summed E-state index contributed by atoms with van der Waals surface area (Å²) in [6, 6.07) is 17.6. The van der Waals surface area contributed by atoms with Gasteiger partial charge in [-0.25, -0.2) is 0 Å². The lowest BCUT2D eigenvalue weighted by Gasteiger charge is -2.33. The van der Waals surface area contributed by atoms with Crippen LogP contribution in [0.25, 0.3) is 0 Å². The lowest BCUT2D eigenvalue weighted by atomic mass is 10.1. The van der Waals surface area contributed by atoms with Crippen molar-refractivity contribution in [3.8, 4) is 5.75 Å². The van der Waals surface area contributed by atoms with Crippen LogP contribution in [0.15, 0.2) is 59.1 Å². The monoisotopic (exact) mass is 435 g/mol. The smallest absolute Gasteiger partial charge is 0.255 e. The number of hydrogen-bond donors (Lipinski definition) is 1. The summed E-state index contributed by atoms with van der Waals surface area (Å²) < 4.78 is 17.0. The quantitative estimate of drug-likeness (QED) is 0.584. The maximum atomic E-state index is 12.9. The summed E-state index contributed by atoms with van der Waals surface area (Å²) in [5, 5.41) is 6.96. The van der Waals surface area contributed by atoms with E-state index < -0.39 is 0 Å². The van der Waals surface area contributed by atoms with Crippen molar-refractivity contribution in [3.05, 3.63) is 82.7 Å². The number of hydrogen-bond acceptors (Lipinski definition) is 6. The molecule has 1 amide bonds. The normalized spacial score (nSPS) is 16.6. The van der Waals surface area contributed by atoms with E-state index in [0.717, 1.165) is 36.7 Å². The number of carbonyl (C=O) groups is 1. The van der Waals surface area contributed by atoms with E-state index in [1.165, 1.54) is 5.56 Å². The van der Waals surface area contributed by atoms with Crippen molar-refractivity contribution in [1.29, 1.82) is 0 Å². The molecule has 1 aliphatic heterocycles. The van der Waals surface area contributed by atoms with Crippen LogP contribution in [0.2, 0.25) is 0 Å².